The topological polar surface area (TPSA) is 80.3 Å². The molecule has 1 atom stereocenters. The Kier molecular flexibility index (Phi) is 5.71. The molecule has 0 aromatic carbocycles. The molecule has 2 aromatic heterocycles. The molecule has 0 spiro atoms. The zero-order valence-corrected chi connectivity index (χ0v) is 12.4. The molecule has 0 amide bonds. The van der Waals surface area contributed by atoms with E-state index in [-0.39, 0.29) is 12.0 Å². The molecule has 2 aromatic rings. The molecule has 0 aliphatic heterocycles. The summed E-state index contributed by atoms with van der Waals surface area (Å²) in [6.07, 6.45) is 4.92. The van der Waals surface area contributed by atoms with E-state index < -0.39 is 8.81 Å². The van der Waals surface area contributed by atoms with Crippen molar-refractivity contribution in [3.8, 4) is 0 Å². The molecule has 0 saturated carbocycles. The Hall–Kier alpha value is -1.23. The molecule has 110 valence electrons. The fourth-order valence-electron chi connectivity index (χ4n) is 1.91. The van der Waals surface area contributed by atoms with Crippen LogP contribution in [0.15, 0.2) is 21.5 Å². The van der Waals surface area contributed by atoms with E-state index in [4.69, 9.17) is 9.15 Å². The maximum absolute atomic E-state index is 11.8. The molecular weight excluding hydrogens is 279 g/mol. The fraction of sp³-hybridized carbons (Fsp3) is 0.538. The third kappa shape index (κ3) is 3.88. The summed E-state index contributed by atoms with van der Waals surface area (Å²) >= 11 is 0. The summed E-state index contributed by atoms with van der Waals surface area (Å²) in [5.41, 5.74) is 0.0291. The predicted molar refractivity (Wildman–Crippen MR) is 76.0 cm³/mol. The van der Waals surface area contributed by atoms with Gasteiger partial charge in [-0.1, -0.05) is 13.3 Å². The number of rotatable bonds is 8. The first-order valence-corrected chi connectivity index (χ1v) is 7.78. The number of hydrogen-bond donors (Lipinski definition) is 0. The molecule has 0 bridgehead atoms. The SMILES string of the molecule is CCCCc1cc2cn(CCOCP[O-])c(=O)nc2o1. The maximum Gasteiger partial charge on any atom is 0.350 e. The zero-order chi connectivity index (χ0) is 14.4. The summed E-state index contributed by atoms with van der Waals surface area (Å²) in [6, 6.07) is 1.92. The Morgan fingerprint density at radius 3 is 3.15 bits per heavy atom. The van der Waals surface area contributed by atoms with Crippen molar-refractivity contribution in [1.82, 2.24) is 9.55 Å². The van der Waals surface area contributed by atoms with Crippen LogP contribution in [0.5, 0.6) is 0 Å². The lowest BCUT2D eigenvalue weighted by Crippen LogP contribution is -2.24. The van der Waals surface area contributed by atoms with Crippen molar-refractivity contribution >= 4 is 19.9 Å². The molecular formula is C13H18N2O4P-. The molecule has 20 heavy (non-hydrogen) atoms. The van der Waals surface area contributed by atoms with Crippen LogP contribution in [-0.4, -0.2) is 22.5 Å². The van der Waals surface area contributed by atoms with Gasteiger partial charge in [0.1, 0.15) is 5.76 Å². The largest absolute Gasteiger partial charge is 0.830 e. The summed E-state index contributed by atoms with van der Waals surface area (Å²) < 4.78 is 12.1. The highest BCUT2D eigenvalue weighted by Crippen LogP contribution is 2.17. The van der Waals surface area contributed by atoms with Crippen LogP contribution in [-0.2, 0) is 17.7 Å². The van der Waals surface area contributed by atoms with Gasteiger partial charge in [0.15, 0.2) is 0 Å². The van der Waals surface area contributed by atoms with Crippen LogP contribution < -0.4 is 10.6 Å². The summed E-state index contributed by atoms with van der Waals surface area (Å²) in [6.45, 7) is 2.84. The Balaban J connectivity index is 2.11. The second-order valence-electron chi connectivity index (χ2n) is 4.49. The molecule has 2 rings (SSSR count). The molecule has 0 N–H and O–H groups in total. The van der Waals surface area contributed by atoms with Crippen molar-refractivity contribution in [2.45, 2.75) is 32.7 Å². The van der Waals surface area contributed by atoms with Crippen molar-refractivity contribution < 1.29 is 14.0 Å². The average molecular weight is 297 g/mol. The van der Waals surface area contributed by atoms with Gasteiger partial charge in [0.25, 0.3) is 0 Å². The summed E-state index contributed by atoms with van der Waals surface area (Å²) in [5.74, 6) is 0.857. The van der Waals surface area contributed by atoms with Crippen molar-refractivity contribution in [2.75, 3.05) is 13.0 Å². The van der Waals surface area contributed by atoms with Gasteiger partial charge in [-0.15, -0.1) is 0 Å². The first-order chi connectivity index (χ1) is 9.74. The van der Waals surface area contributed by atoms with E-state index in [1.807, 2.05) is 6.07 Å². The van der Waals surface area contributed by atoms with E-state index in [9.17, 15) is 9.69 Å². The van der Waals surface area contributed by atoms with E-state index in [1.165, 1.54) is 4.57 Å². The minimum absolute atomic E-state index is 0.192. The number of unbranched alkanes of at least 4 members (excludes halogenated alkanes) is 1. The monoisotopic (exact) mass is 297 g/mol. The van der Waals surface area contributed by atoms with Crippen LogP contribution in [0.3, 0.4) is 0 Å². The van der Waals surface area contributed by atoms with Crippen molar-refractivity contribution in [1.29, 1.82) is 0 Å². The number of ether oxygens (including phenoxy) is 1. The Bertz CT molecular complexity index is 608. The number of fused-ring (bicyclic) bond motifs is 1. The number of furan rings is 1. The summed E-state index contributed by atoms with van der Waals surface area (Å²) in [4.78, 5) is 26.0. The smallest absolute Gasteiger partial charge is 0.350 e. The highest BCUT2D eigenvalue weighted by Gasteiger charge is 2.08. The third-order valence-electron chi connectivity index (χ3n) is 2.94. The predicted octanol–water partition coefficient (Wildman–Crippen LogP) is 1.26. The maximum atomic E-state index is 11.8. The summed E-state index contributed by atoms with van der Waals surface area (Å²) in [7, 11) is -0.480. The van der Waals surface area contributed by atoms with E-state index in [1.54, 1.807) is 6.20 Å². The van der Waals surface area contributed by atoms with Crippen LogP contribution in [0.25, 0.3) is 11.1 Å². The second kappa shape index (κ2) is 7.53. The van der Waals surface area contributed by atoms with Crippen LogP contribution in [0, 0.1) is 0 Å². The van der Waals surface area contributed by atoms with Crippen LogP contribution in [0.1, 0.15) is 25.5 Å². The second-order valence-corrected chi connectivity index (χ2v) is 5.07. The standard InChI is InChI=1S/C13H18N2O4P/c1-2-3-4-11-7-10-8-15(5-6-18-9-20-17)13(16)14-12(10)19-11/h7-8,20H,2-6,9H2,1H3/q-1. The lowest BCUT2D eigenvalue weighted by molar-refractivity contribution is -0.154. The van der Waals surface area contributed by atoms with Crippen LogP contribution in [0.2, 0.25) is 0 Å². The first-order valence-electron chi connectivity index (χ1n) is 6.67. The number of aromatic nitrogens is 2. The van der Waals surface area contributed by atoms with E-state index >= 15 is 0 Å². The van der Waals surface area contributed by atoms with Gasteiger partial charge in [-0.3, -0.25) is 4.57 Å². The number of nitrogens with zero attached hydrogens (tertiary/aromatic N) is 2. The Morgan fingerprint density at radius 1 is 1.55 bits per heavy atom. The minimum atomic E-state index is -0.480. The first kappa shape index (κ1) is 15.2. The van der Waals surface area contributed by atoms with Gasteiger partial charge in [-0.2, -0.15) is 13.8 Å². The molecule has 1 unspecified atom stereocenters. The quantitative estimate of drug-likeness (QED) is 0.541. The van der Waals surface area contributed by atoms with Crippen molar-refractivity contribution in [3.63, 3.8) is 0 Å². The van der Waals surface area contributed by atoms with E-state index in [2.05, 4.69) is 11.9 Å². The van der Waals surface area contributed by atoms with Crippen molar-refractivity contribution in [2.24, 2.45) is 0 Å². The molecule has 0 radical (unpaired) electrons. The molecule has 6 nitrogen and oxygen atoms in total. The average Bonchev–Trinajstić information content (AvgIpc) is 2.83. The van der Waals surface area contributed by atoms with Gasteiger partial charge in [-0.25, -0.2) is 4.79 Å². The minimum Gasteiger partial charge on any atom is -0.830 e. The third-order valence-corrected chi connectivity index (χ3v) is 3.27. The van der Waals surface area contributed by atoms with E-state index in [0.29, 0.717) is 18.9 Å². The normalized spacial score (nSPS) is 11.9. The van der Waals surface area contributed by atoms with Crippen LogP contribution in [0.4, 0.5) is 0 Å². The van der Waals surface area contributed by atoms with Gasteiger partial charge < -0.3 is 14.0 Å². The lowest BCUT2D eigenvalue weighted by Gasteiger charge is -2.07. The molecule has 2 heterocycles. The molecule has 0 aliphatic rings. The van der Waals surface area contributed by atoms with E-state index in [0.717, 1.165) is 30.4 Å². The summed E-state index contributed by atoms with van der Waals surface area (Å²) in [5, 5.41) is 0.821. The molecule has 0 aliphatic carbocycles. The Morgan fingerprint density at radius 2 is 2.40 bits per heavy atom. The highest BCUT2D eigenvalue weighted by atomic mass is 31.1. The zero-order valence-electron chi connectivity index (χ0n) is 11.4. The molecule has 7 heteroatoms. The fourth-order valence-corrected chi connectivity index (χ4v) is 2.14. The molecule has 0 saturated heterocycles. The highest BCUT2D eigenvalue weighted by molar-refractivity contribution is 7.29. The number of aryl methyl sites for hydroxylation is 1. The van der Waals surface area contributed by atoms with Gasteiger partial charge in [0.05, 0.1) is 18.5 Å². The molecule has 0 fully saturated rings. The lowest BCUT2D eigenvalue weighted by atomic mass is 10.2. The van der Waals surface area contributed by atoms with Gasteiger partial charge in [0, 0.05) is 19.0 Å². The van der Waals surface area contributed by atoms with Gasteiger partial charge in [0.2, 0.25) is 5.71 Å². The number of hydrogen-bond acceptors (Lipinski definition) is 5. The van der Waals surface area contributed by atoms with Crippen LogP contribution >= 0.6 is 8.81 Å². The Labute approximate surface area is 118 Å². The van der Waals surface area contributed by atoms with Crippen molar-refractivity contribution in [3.05, 3.63) is 28.5 Å². The van der Waals surface area contributed by atoms with Gasteiger partial charge >= 0.3 is 5.69 Å². The van der Waals surface area contributed by atoms with Gasteiger partial charge in [-0.05, 0) is 12.5 Å².